The molecule has 1 aliphatic carbocycles. The smallest absolute Gasteiger partial charge is 0.305 e. The molecule has 0 saturated carbocycles. The van der Waals surface area contributed by atoms with Gasteiger partial charge in [-0.1, -0.05) is 55.0 Å². The third-order valence-electron chi connectivity index (χ3n) is 4.28. The van der Waals surface area contributed by atoms with Crippen molar-refractivity contribution < 1.29 is 9.53 Å². The maximum Gasteiger partial charge on any atom is 0.305 e. The van der Waals surface area contributed by atoms with E-state index in [-0.39, 0.29) is 11.9 Å². The molecule has 0 saturated heterocycles. The molecule has 0 aliphatic heterocycles. The minimum Gasteiger partial charge on any atom is -0.465 e. The summed E-state index contributed by atoms with van der Waals surface area (Å²) in [7, 11) is 0.446. The van der Waals surface area contributed by atoms with Crippen molar-refractivity contribution in [3.63, 3.8) is 0 Å². The van der Waals surface area contributed by atoms with Crippen molar-refractivity contribution in [2.75, 3.05) is 6.61 Å². The molecule has 118 valence electrons. The van der Waals surface area contributed by atoms with Gasteiger partial charge in [-0.2, -0.15) is 11.1 Å². The molecule has 0 spiro atoms. The lowest BCUT2D eigenvalue weighted by atomic mass is 9.98. The number of carbonyl (C=O) groups excluding carboxylic acids is 1. The first kappa shape index (κ1) is 16.3. The maximum absolute atomic E-state index is 11.9. The van der Waals surface area contributed by atoms with Crippen LogP contribution in [0.1, 0.15) is 36.3 Å². The van der Waals surface area contributed by atoms with E-state index in [1.165, 1.54) is 22.3 Å². The van der Waals surface area contributed by atoms with E-state index in [0.717, 1.165) is 18.9 Å². The Balaban J connectivity index is 1.65. The van der Waals surface area contributed by atoms with E-state index < -0.39 is 0 Å². The number of hydrogen-bond donors (Lipinski definition) is 0. The van der Waals surface area contributed by atoms with E-state index in [0.29, 0.717) is 21.9 Å². The highest BCUT2D eigenvalue weighted by atomic mass is 35.6. The number of esters is 1. The quantitative estimate of drug-likeness (QED) is 0.313. The largest absolute Gasteiger partial charge is 0.465 e. The van der Waals surface area contributed by atoms with Gasteiger partial charge in [-0.3, -0.25) is 4.79 Å². The van der Waals surface area contributed by atoms with Gasteiger partial charge in [-0.05, 0) is 34.7 Å². The number of ether oxygens (including phenoxy) is 1. The molecule has 1 aliphatic rings. The Bertz CT molecular complexity index is 641. The van der Waals surface area contributed by atoms with E-state index in [1.807, 2.05) is 12.1 Å². The van der Waals surface area contributed by atoms with Crippen LogP contribution in [-0.4, -0.2) is 21.4 Å². The molecular weight excluding hydrogens is 324 g/mol. The summed E-state index contributed by atoms with van der Waals surface area (Å²) in [6.45, 7) is 0.421. The highest BCUT2D eigenvalue weighted by Gasteiger charge is 2.28. The Labute approximate surface area is 144 Å². The molecule has 0 amide bonds. The zero-order valence-electron chi connectivity index (χ0n) is 12.9. The minimum absolute atomic E-state index is 0.107. The molecule has 4 heteroatoms. The second-order valence-electron chi connectivity index (χ2n) is 5.75. The molecular formula is C19H19ClO2Si. The second kappa shape index (κ2) is 7.80. The van der Waals surface area contributed by atoms with Crippen LogP contribution in [0.4, 0.5) is 0 Å². The average molecular weight is 343 g/mol. The number of fused-ring (bicyclic) bond motifs is 3. The first-order chi connectivity index (χ1) is 11.3. The fraction of sp³-hybridized carbons (Fsp3) is 0.316. The summed E-state index contributed by atoms with van der Waals surface area (Å²) in [5, 5.41) is 0. The van der Waals surface area contributed by atoms with Crippen LogP contribution >= 0.6 is 11.1 Å². The van der Waals surface area contributed by atoms with E-state index >= 15 is 0 Å². The van der Waals surface area contributed by atoms with Gasteiger partial charge in [0.25, 0.3) is 0 Å². The molecule has 0 unspecified atom stereocenters. The first-order valence-corrected chi connectivity index (χ1v) is 10.2. The van der Waals surface area contributed by atoms with Crippen LogP contribution in [0.5, 0.6) is 0 Å². The Kier molecular flexibility index (Phi) is 5.52. The van der Waals surface area contributed by atoms with Gasteiger partial charge in [0.2, 0.25) is 0 Å². The molecule has 0 N–H and O–H groups in total. The molecule has 0 fully saturated rings. The Hall–Kier alpha value is -1.58. The van der Waals surface area contributed by atoms with Crippen molar-refractivity contribution in [2.24, 2.45) is 0 Å². The molecule has 2 aromatic carbocycles. The monoisotopic (exact) mass is 342 g/mol. The highest BCUT2D eigenvalue weighted by molar-refractivity contribution is 6.93. The summed E-state index contributed by atoms with van der Waals surface area (Å²) < 4.78 is 5.55. The summed E-state index contributed by atoms with van der Waals surface area (Å²) in [5.41, 5.74) is 5.02. The molecule has 2 nitrogen and oxygen atoms in total. The molecule has 0 aromatic heterocycles. The minimum atomic E-state index is -0.107. The fourth-order valence-electron chi connectivity index (χ4n) is 3.15. The van der Waals surface area contributed by atoms with Gasteiger partial charge in [0.15, 0.2) is 8.83 Å². The third kappa shape index (κ3) is 3.67. The van der Waals surface area contributed by atoms with Gasteiger partial charge in [-0.25, -0.2) is 0 Å². The standard InChI is InChI=1S/C19H19ClO2Si/c20-23-12-6-5-11-19(21)22-13-18-16-9-3-1-7-14(16)15-8-2-4-10-17(15)18/h1-4,7-10,18H,5-6,11-13H2. The molecule has 2 aromatic rings. The number of carbonyl (C=O) groups is 1. The first-order valence-electron chi connectivity index (χ1n) is 7.98. The number of halogens is 1. The lowest BCUT2D eigenvalue weighted by molar-refractivity contribution is -0.144. The van der Waals surface area contributed by atoms with Crippen molar-refractivity contribution in [1.29, 1.82) is 0 Å². The van der Waals surface area contributed by atoms with Gasteiger partial charge in [0, 0.05) is 12.3 Å². The summed E-state index contributed by atoms with van der Waals surface area (Å²) in [4.78, 5) is 11.9. The van der Waals surface area contributed by atoms with E-state index in [4.69, 9.17) is 15.8 Å². The predicted molar refractivity (Wildman–Crippen MR) is 94.9 cm³/mol. The number of benzene rings is 2. The molecule has 2 radical (unpaired) electrons. The maximum atomic E-state index is 11.9. The van der Waals surface area contributed by atoms with E-state index in [2.05, 4.69) is 36.4 Å². The van der Waals surface area contributed by atoms with Crippen molar-refractivity contribution in [1.82, 2.24) is 0 Å². The number of rotatable bonds is 7. The number of hydrogen-bond acceptors (Lipinski definition) is 2. The predicted octanol–water partition coefficient (Wildman–Crippen LogP) is 4.79. The van der Waals surface area contributed by atoms with Crippen LogP contribution in [-0.2, 0) is 9.53 Å². The summed E-state index contributed by atoms with van der Waals surface area (Å²) >= 11 is 5.67. The van der Waals surface area contributed by atoms with Crippen molar-refractivity contribution in [2.45, 2.75) is 31.2 Å². The third-order valence-corrected chi connectivity index (χ3v) is 5.39. The SMILES string of the molecule is O=C(CCCC[Si]Cl)OCC1c2ccccc2-c2ccccc21. The van der Waals surface area contributed by atoms with Crippen molar-refractivity contribution >= 4 is 25.9 Å². The normalized spacial score (nSPS) is 12.7. The van der Waals surface area contributed by atoms with Crippen LogP contribution < -0.4 is 0 Å². The van der Waals surface area contributed by atoms with E-state index in [9.17, 15) is 4.79 Å². The fourth-order valence-corrected chi connectivity index (χ4v) is 3.93. The Morgan fingerprint density at radius 2 is 1.61 bits per heavy atom. The molecule has 0 heterocycles. The van der Waals surface area contributed by atoms with Gasteiger partial charge in [-0.15, -0.1) is 0 Å². The zero-order chi connectivity index (χ0) is 16.1. The lowest BCUT2D eigenvalue weighted by Gasteiger charge is -2.14. The lowest BCUT2D eigenvalue weighted by Crippen LogP contribution is -2.12. The van der Waals surface area contributed by atoms with Gasteiger partial charge >= 0.3 is 5.97 Å². The Morgan fingerprint density at radius 1 is 1.00 bits per heavy atom. The molecule has 23 heavy (non-hydrogen) atoms. The molecule has 0 atom stereocenters. The topological polar surface area (TPSA) is 26.3 Å². The summed E-state index contributed by atoms with van der Waals surface area (Å²) in [6, 6.07) is 17.7. The Morgan fingerprint density at radius 3 is 2.22 bits per heavy atom. The van der Waals surface area contributed by atoms with Crippen LogP contribution in [0.2, 0.25) is 6.04 Å². The van der Waals surface area contributed by atoms with Crippen LogP contribution in [0.3, 0.4) is 0 Å². The molecule has 3 rings (SSSR count). The van der Waals surface area contributed by atoms with Crippen molar-refractivity contribution in [3.8, 4) is 11.1 Å². The molecule has 0 bridgehead atoms. The average Bonchev–Trinajstić information content (AvgIpc) is 2.91. The van der Waals surface area contributed by atoms with E-state index in [1.54, 1.807) is 0 Å². The zero-order valence-corrected chi connectivity index (χ0v) is 14.7. The van der Waals surface area contributed by atoms with Gasteiger partial charge in [0.05, 0.1) is 0 Å². The van der Waals surface area contributed by atoms with Crippen LogP contribution in [0.25, 0.3) is 11.1 Å². The second-order valence-corrected chi connectivity index (χ2v) is 7.32. The van der Waals surface area contributed by atoms with Gasteiger partial charge < -0.3 is 4.74 Å². The summed E-state index contributed by atoms with van der Waals surface area (Å²) in [6.07, 6.45) is 2.33. The van der Waals surface area contributed by atoms with Crippen LogP contribution in [0.15, 0.2) is 48.5 Å². The van der Waals surface area contributed by atoms with Crippen LogP contribution in [0, 0.1) is 0 Å². The highest BCUT2D eigenvalue weighted by Crippen LogP contribution is 2.44. The number of unbranched alkanes of at least 4 members (excludes halogenated alkanes) is 1. The van der Waals surface area contributed by atoms with Gasteiger partial charge in [0.1, 0.15) is 6.61 Å². The summed E-state index contributed by atoms with van der Waals surface area (Å²) in [5.74, 6) is 0.0421. The van der Waals surface area contributed by atoms with Crippen molar-refractivity contribution in [3.05, 3.63) is 59.7 Å².